The molecular formula is C21H27N3. The molecule has 0 aliphatic carbocycles. The molecule has 2 rings (SSSR count). The SMILES string of the molecule is Cc1ccc(/C=C\C(=N\Nc2ccccc2)[C@@H](C)CN(C)C)cc1. The van der Waals surface area contributed by atoms with Crippen molar-refractivity contribution in [2.24, 2.45) is 11.0 Å². The smallest absolute Gasteiger partial charge is 0.0648 e. The van der Waals surface area contributed by atoms with Crippen LogP contribution < -0.4 is 5.43 Å². The van der Waals surface area contributed by atoms with Crippen LogP contribution in [0.5, 0.6) is 0 Å². The summed E-state index contributed by atoms with van der Waals surface area (Å²) in [6, 6.07) is 18.6. The maximum atomic E-state index is 4.63. The van der Waals surface area contributed by atoms with Crippen molar-refractivity contribution >= 4 is 17.5 Å². The number of hydrogen-bond acceptors (Lipinski definition) is 3. The minimum Gasteiger partial charge on any atom is -0.309 e. The van der Waals surface area contributed by atoms with Gasteiger partial charge in [0.25, 0.3) is 0 Å². The quantitative estimate of drug-likeness (QED) is 0.592. The van der Waals surface area contributed by atoms with Crippen LogP contribution >= 0.6 is 0 Å². The number of anilines is 1. The van der Waals surface area contributed by atoms with E-state index in [1.165, 1.54) is 11.1 Å². The molecule has 2 aromatic carbocycles. The molecule has 0 bridgehead atoms. The summed E-state index contributed by atoms with van der Waals surface area (Å²) < 4.78 is 0. The summed E-state index contributed by atoms with van der Waals surface area (Å²) in [6.45, 7) is 5.25. The third kappa shape index (κ3) is 6.01. The Morgan fingerprint density at radius 1 is 1.08 bits per heavy atom. The zero-order chi connectivity index (χ0) is 17.4. The van der Waals surface area contributed by atoms with Gasteiger partial charge in [0.2, 0.25) is 0 Å². The molecule has 3 nitrogen and oxygen atoms in total. The van der Waals surface area contributed by atoms with Gasteiger partial charge in [0.15, 0.2) is 0 Å². The monoisotopic (exact) mass is 321 g/mol. The molecule has 0 fully saturated rings. The predicted molar refractivity (Wildman–Crippen MR) is 105 cm³/mol. The van der Waals surface area contributed by atoms with Gasteiger partial charge >= 0.3 is 0 Å². The maximum Gasteiger partial charge on any atom is 0.0648 e. The second-order valence-corrected chi connectivity index (χ2v) is 6.42. The van der Waals surface area contributed by atoms with Crippen LogP contribution in [0.1, 0.15) is 18.1 Å². The van der Waals surface area contributed by atoms with Crippen LogP contribution in [-0.4, -0.2) is 31.3 Å². The Balaban J connectivity index is 2.16. The number of hydrogen-bond donors (Lipinski definition) is 1. The van der Waals surface area contributed by atoms with Crippen molar-refractivity contribution in [3.05, 3.63) is 71.8 Å². The molecule has 0 aliphatic heterocycles. The number of rotatable bonds is 7. The molecule has 126 valence electrons. The average molecular weight is 321 g/mol. The highest BCUT2D eigenvalue weighted by Crippen LogP contribution is 2.10. The van der Waals surface area contributed by atoms with E-state index in [1.54, 1.807) is 0 Å². The van der Waals surface area contributed by atoms with Crippen LogP contribution in [0.15, 0.2) is 65.8 Å². The zero-order valence-electron chi connectivity index (χ0n) is 15.0. The second-order valence-electron chi connectivity index (χ2n) is 6.42. The maximum absolute atomic E-state index is 4.63. The summed E-state index contributed by atoms with van der Waals surface area (Å²) in [4.78, 5) is 2.18. The van der Waals surface area contributed by atoms with Gasteiger partial charge in [-0.25, -0.2) is 0 Å². The van der Waals surface area contributed by atoms with Crippen molar-refractivity contribution in [2.45, 2.75) is 13.8 Å². The Bertz CT molecular complexity index is 670. The van der Waals surface area contributed by atoms with Crippen LogP contribution in [-0.2, 0) is 0 Å². The van der Waals surface area contributed by atoms with E-state index >= 15 is 0 Å². The summed E-state index contributed by atoms with van der Waals surface area (Å²) in [5.74, 6) is 0.331. The molecule has 3 heteroatoms. The van der Waals surface area contributed by atoms with Gasteiger partial charge in [0, 0.05) is 12.5 Å². The fourth-order valence-corrected chi connectivity index (χ4v) is 2.45. The van der Waals surface area contributed by atoms with Crippen molar-refractivity contribution in [3.63, 3.8) is 0 Å². The topological polar surface area (TPSA) is 27.6 Å². The Labute approximate surface area is 145 Å². The van der Waals surface area contributed by atoms with Crippen LogP contribution in [0.25, 0.3) is 6.08 Å². The molecule has 0 unspecified atom stereocenters. The van der Waals surface area contributed by atoms with Gasteiger partial charge in [0.05, 0.1) is 11.4 Å². The summed E-state index contributed by atoms with van der Waals surface area (Å²) in [5, 5.41) is 4.63. The number of aryl methyl sites for hydroxylation is 1. The number of benzene rings is 2. The van der Waals surface area contributed by atoms with E-state index in [1.807, 2.05) is 30.3 Å². The summed E-state index contributed by atoms with van der Waals surface area (Å²) in [7, 11) is 4.17. The summed E-state index contributed by atoms with van der Waals surface area (Å²) >= 11 is 0. The lowest BCUT2D eigenvalue weighted by atomic mass is 10.0. The standard InChI is InChI=1S/C21H27N3/c1-17-10-12-19(13-11-17)14-15-21(18(2)16-24(3)4)23-22-20-8-6-5-7-9-20/h5-15,18,22H,16H2,1-4H3/b15-14-,23-21-/t18-/m0/s1. The van der Waals surface area contributed by atoms with E-state index in [-0.39, 0.29) is 0 Å². The first-order chi connectivity index (χ1) is 11.5. The molecule has 0 amide bonds. The second kappa shape index (κ2) is 9.04. The average Bonchev–Trinajstić information content (AvgIpc) is 2.56. The van der Waals surface area contributed by atoms with Crippen molar-refractivity contribution in [1.82, 2.24) is 4.90 Å². The third-order valence-electron chi connectivity index (χ3n) is 3.76. The lowest BCUT2D eigenvalue weighted by molar-refractivity contribution is 0.381. The van der Waals surface area contributed by atoms with Crippen LogP contribution in [0.3, 0.4) is 0 Å². The third-order valence-corrected chi connectivity index (χ3v) is 3.76. The number of hydrazone groups is 1. The number of allylic oxidation sites excluding steroid dienone is 1. The van der Waals surface area contributed by atoms with E-state index in [0.29, 0.717) is 5.92 Å². The molecule has 2 aromatic rings. The van der Waals surface area contributed by atoms with Crippen LogP contribution in [0, 0.1) is 12.8 Å². The van der Waals surface area contributed by atoms with E-state index in [2.05, 4.69) is 79.8 Å². The highest BCUT2D eigenvalue weighted by Gasteiger charge is 2.09. The van der Waals surface area contributed by atoms with Crippen molar-refractivity contribution in [3.8, 4) is 0 Å². The Kier molecular flexibility index (Phi) is 6.76. The molecule has 1 N–H and O–H groups in total. The fraction of sp³-hybridized carbons (Fsp3) is 0.286. The van der Waals surface area contributed by atoms with E-state index < -0.39 is 0 Å². The van der Waals surface area contributed by atoms with Gasteiger partial charge in [-0.2, -0.15) is 5.10 Å². The molecule has 0 heterocycles. The molecule has 0 aliphatic rings. The predicted octanol–water partition coefficient (Wildman–Crippen LogP) is 4.67. The molecule has 0 saturated carbocycles. The zero-order valence-corrected chi connectivity index (χ0v) is 15.0. The van der Waals surface area contributed by atoms with Gasteiger partial charge in [0.1, 0.15) is 0 Å². The first-order valence-corrected chi connectivity index (χ1v) is 8.32. The number of para-hydroxylation sites is 1. The summed E-state index contributed by atoms with van der Waals surface area (Å²) in [6.07, 6.45) is 4.23. The van der Waals surface area contributed by atoms with E-state index in [9.17, 15) is 0 Å². The van der Waals surface area contributed by atoms with Gasteiger partial charge in [-0.1, -0.05) is 61.0 Å². The van der Waals surface area contributed by atoms with Crippen molar-refractivity contribution < 1.29 is 0 Å². The normalized spacial score (nSPS) is 13.5. The first kappa shape index (κ1) is 18.0. The molecule has 0 saturated heterocycles. The Morgan fingerprint density at radius 3 is 2.38 bits per heavy atom. The minimum absolute atomic E-state index is 0.331. The molecule has 0 spiro atoms. The molecule has 0 radical (unpaired) electrons. The minimum atomic E-state index is 0.331. The van der Waals surface area contributed by atoms with Crippen molar-refractivity contribution in [2.75, 3.05) is 26.1 Å². The first-order valence-electron chi connectivity index (χ1n) is 8.32. The fourth-order valence-electron chi connectivity index (χ4n) is 2.45. The van der Waals surface area contributed by atoms with Crippen LogP contribution in [0.2, 0.25) is 0 Å². The number of nitrogens with zero attached hydrogens (tertiary/aromatic N) is 2. The highest BCUT2D eigenvalue weighted by molar-refractivity contribution is 6.00. The Morgan fingerprint density at radius 2 is 1.75 bits per heavy atom. The summed E-state index contributed by atoms with van der Waals surface area (Å²) in [5.41, 5.74) is 7.65. The van der Waals surface area contributed by atoms with E-state index in [0.717, 1.165) is 17.9 Å². The van der Waals surface area contributed by atoms with Gasteiger partial charge in [-0.15, -0.1) is 0 Å². The highest BCUT2D eigenvalue weighted by atomic mass is 15.3. The van der Waals surface area contributed by atoms with Crippen molar-refractivity contribution in [1.29, 1.82) is 0 Å². The van der Waals surface area contributed by atoms with Gasteiger partial charge < -0.3 is 4.90 Å². The van der Waals surface area contributed by atoms with Crippen LogP contribution in [0.4, 0.5) is 5.69 Å². The van der Waals surface area contributed by atoms with Gasteiger partial charge in [-0.3, -0.25) is 5.43 Å². The molecule has 24 heavy (non-hydrogen) atoms. The molecule has 0 aromatic heterocycles. The largest absolute Gasteiger partial charge is 0.309 e. The van der Waals surface area contributed by atoms with Gasteiger partial charge in [-0.05, 0) is 44.8 Å². The Hall–Kier alpha value is -2.39. The molecular weight excluding hydrogens is 294 g/mol. The lowest BCUT2D eigenvalue weighted by Gasteiger charge is -2.17. The lowest BCUT2D eigenvalue weighted by Crippen LogP contribution is -2.25. The number of nitrogens with one attached hydrogen (secondary N) is 1. The molecule has 1 atom stereocenters. The van der Waals surface area contributed by atoms with E-state index in [4.69, 9.17) is 0 Å².